The van der Waals surface area contributed by atoms with Crippen LogP contribution in [0.4, 0.5) is 0 Å². The third-order valence-corrected chi connectivity index (χ3v) is 7.43. The Morgan fingerprint density at radius 3 is 1.22 bits per heavy atom. The van der Waals surface area contributed by atoms with Crippen LogP contribution in [-0.4, -0.2) is 57.4 Å². The van der Waals surface area contributed by atoms with Gasteiger partial charge in [0.15, 0.2) is 17.5 Å². The van der Waals surface area contributed by atoms with E-state index in [1.165, 1.54) is 0 Å². The topological polar surface area (TPSA) is 267 Å². The molecule has 0 saturated carbocycles. The van der Waals surface area contributed by atoms with E-state index in [-0.39, 0.29) is 17.5 Å². The van der Waals surface area contributed by atoms with Crippen LogP contribution in [0.15, 0.2) is 85.1 Å². The molecule has 0 aliphatic carbocycles. The summed E-state index contributed by atoms with van der Waals surface area (Å²) in [6, 6.07) is 24.0. The molecule has 0 saturated heterocycles. The Labute approximate surface area is 260 Å². The van der Waals surface area contributed by atoms with E-state index in [0.29, 0.717) is 28.3 Å². The Morgan fingerprint density at radius 2 is 0.870 bits per heavy atom. The van der Waals surface area contributed by atoms with E-state index in [9.17, 15) is 0 Å². The number of fused-ring (bicyclic) bond motifs is 3. The summed E-state index contributed by atoms with van der Waals surface area (Å²) >= 11 is 0. The van der Waals surface area contributed by atoms with Gasteiger partial charge in [0.25, 0.3) is 0 Å². The number of H-pyrrole nitrogens is 5. The lowest BCUT2D eigenvalue weighted by atomic mass is 10.2. The van der Waals surface area contributed by atoms with Crippen LogP contribution in [0.2, 0.25) is 0 Å². The standard InChI is InChI=1S/C20H17N9.C12H11N5/c21-17(22)9-1-3-11-15(7-9)28-19(26-11)13-5-6-14(25-13)20-27-12-4-2-10(18(23)24)8-16(12)29-20;13-11(14)7-3-4-8-10(6-7)17-12(16-8)9-2-1-5-15-9/h1-8,25H,(H3,21,22)(H3,23,24)(H,26,28)(H,27,29);1-6,15H,(H3,13,14)(H,16,17). The van der Waals surface area contributed by atoms with Gasteiger partial charge in [-0.15, -0.1) is 0 Å². The van der Waals surface area contributed by atoms with E-state index >= 15 is 0 Å². The van der Waals surface area contributed by atoms with Gasteiger partial charge in [0, 0.05) is 22.9 Å². The van der Waals surface area contributed by atoms with E-state index in [2.05, 4.69) is 39.9 Å². The maximum absolute atomic E-state index is 7.57. The molecule has 5 aromatic heterocycles. The zero-order valence-corrected chi connectivity index (χ0v) is 24.2. The van der Waals surface area contributed by atoms with Gasteiger partial charge < -0.3 is 42.1 Å². The van der Waals surface area contributed by atoms with Crippen LogP contribution >= 0.6 is 0 Å². The highest BCUT2D eigenvalue weighted by Gasteiger charge is 2.13. The van der Waals surface area contributed by atoms with Crippen LogP contribution in [0, 0.1) is 16.2 Å². The molecule has 0 fully saturated rings. The largest absolute Gasteiger partial charge is 0.384 e. The summed E-state index contributed by atoms with van der Waals surface area (Å²) in [5, 5.41) is 22.5. The van der Waals surface area contributed by atoms with Gasteiger partial charge >= 0.3 is 0 Å². The third kappa shape index (κ3) is 5.22. The molecule has 226 valence electrons. The van der Waals surface area contributed by atoms with Gasteiger partial charge in [0.2, 0.25) is 0 Å². The van der Waals surface area contributed by atoms with Crippen molar-refractivity contribution < 1.29 is 0 Å². The zero-order chi connectivity index (χ0) is 31.9. The maximum atomic E-state index is 7.57. The quantitative estimate of drug-likeness (QED) is 0.0953. The predicted molar refractivity (Wildman–Crippen MR) is 180 cm³/mol. The highest BCUT2D eigenvalue weighted by molar-refractivity contribution is 5.99. The summed E-state index contributed by atoms with van der Waals surface area (Å²) in [5.74, 6) is 2.24. The highest BCUT2D eigenvalue weighted by Crippen LogP contribution is 2.26. The Kier molecular flexibility index (Phi) is 6.63. The first-order valence-electron chi connectivity index (χ1n) is 14.1. The molecule has 0 aliphatic rings. The molecular weight excluding hydrogens is 580 g/mol. The Morgan fingerprint density at radius 1 is 0.478 bits per heavy atom. The average molecular weight is 609 g/mol. The number of benzene rings is 3. The minimum Gasteiger partial charge on any atom is -0.384 e. The molecule has 0 atom stereocenters. The molecule has 0 radical (unpaired) electrons. The summed E-state index contributed by atoms with van der Waals surface area (Å²) in [6.07, 6.45) is 1.85. The van der Waals surface area contributed by atoms with Crippen molar-refractivity contribution in [1.29, 1.82) is 16.2 Å². The molecule has 5 heterocycles. The van der Waals surface area contributed by atoms with Crippen molar-refractivity contribution in [2.75, 3.05) is 0 Å². The Balaban J connectivity index is 0.000000169. The molecule has 14 nitrogen and oxygen atoms in total. The van der Waals surface area contributed by atoms with E-state index in [1.807, 2.05) is 66.9 Å². The number of aromatic nitrogens is 8. The fraction of sp³-hybridized carbons (Fsp3) is 0. The Hall–Kier alpha value is -6.96. The normalized spacial score (nSPS) is 11.1. The molecule has 0 spiro atoms. The van der Waals surface area contributed by atoms with E-state index in [4.69, 9.17) is 33.4 Å². The van der Waals surface area contributed by atoms with Crippen LogP contribution in [0.5, 0.6) is 0 Å². The van der Waals surface area contributed by atoms with Crippen LogP contribution in [-0.2, 0) is 0 Å². The first-order valence-corrected chi connectivity index (χ1v) is 14.1. The number of nitrogens with one attached hydrogen (secondary N) is 8. The second-order valence-corrected chi connectivity index (χ2v) is 10.6. The monoisotopic (exact) mass is 608 g/mol. The predicted octanol–water partition coefficient (Wildman–Crippen LogP) is 4.51. The van der Waals surface area contributed by atoms with E-state index in [0.717, 1.165) is 56.0 Å². The molecule has 0 aliphatic heterocycles. The van der Waals surface area contributed by atoms with Crippen molar-refractivity contribution in [1.82, 2.24) is 39.9 Å². The number of hydrogen-bond acceptors (Lipinski definition) is 6. The molecule has 0 unspecified atom stereocenters. The van der Waals surface area contributed by atoms with Crippen molar-refractivity contribution in [3.05, 3.63) is 102 Å². The van der Waals surface area contributed by atoms with Gasteiger partial charge in [-0.05, 0) is 78.9 Å². The fourth-order valence-corrected chi connectivity index (χ4v) is 5.06. The molecule has 8 aromatic rings. The van der Waals surface area contributed by atoms with Gasteiger partial charge in [-0.2, -0.15) is 0 Å². The smallest absolute Gasteiger partial charge is 0.154 e. The number of hydrogen-bond donors (Lipinski definition) is 11. The molecular formula is C32H28N14. The Bertz CT molecular complexity index is 2310. The SMILES string of the molecule is N=C(N)c1ccc2nc(-c3ccc(-c4nc5ccc(C(=N)N)cc5[nH]4)[nH]3)[nH]c2c1.N=C(N)c1ccc2nc(-c3ccc[nH]3)[nH]c2c1. The lowest BCUT2D eigenvalue weighted by Gasteiger charge is -1.96. The zero-order valence-electron chi connectivity index (χ0n) is 24.2. The molecule has 14 N–H and O–H groups in total. The second kappa shape index (κ2) is 10.9. The second-order valence-electron chi connectivity index (χ2n) is 10.6. The number of aromatic amines is 5. The van der Waals surface area contributed by atoms with Crippen molar-refractivity contribution in [3.63, 3.8) is 0 Å². The van der Waals surface area contributed by atoms with E-state index in [1.54, 1.807) is 18.2 Å². The first-order chi connectivity index (χ1) is 22.2. The molecule has 0 bridgehead atoms. The van der Waals surface area contributed by atoms with Gasteiger partial charge in [-0.25, -0.2) is 15.0 Å². The van der Waals surface area contributed by atoms with Crippen molar-refractivity contribution in [3.8, 4) is 34.6 Å². The first kappa shape index (κ1) is 27.8. The lowest BCUT2D eigenvalue weighted by Crippen LogP contribution is -2.10. The van der Waals surface area contributed by atoms with Crippen molar-refractivity contribution in [2.24, 2.45) is 17.2 Å². The molecule has 46 heavy (non-hydrogen) atoms. The molecule has 8 rings (SSSR count). The summed E-state index contributed by atoms with van der Waals surface area (Å²) < 4.78 is 0. The third-order valence-electron chi connectivity index (χ3n) is 7.43. The maximum Gasteiger partial charge on any atom is 0.154 e. The lowest BCUT2D eigenvalue weighted by molar-refractivity contribution is 1.24. The summed E-state index contributed by atoms with van der Waals surface area (Å²) in [6.45, 7) is 0. The number of nitrogens with two attached hydrogens (primary N) is 3. The number of nitrogen functional groups attached to an aromatic ring is 3. The molecule has 3 aromatic carbocycles. The van der Waals surface area contributed by atoms with Crippen LogP contribution in [0.1, 0.15) is 16.7 Å². The number of nitrogens with zero attached hydrogens (tertiary/aromatic N) is 3. The minimum absolute atomic E-state index is 0.0167. The highest BCUT2D eigenvalue weighted by atomic mass is 15.0. The minimum atomic E-state index is 0.0167. The van der Waals surface area contributed by atoms with E-state index < -0.39 is 0 Å². The van der Waals surface area contributed by atoms with Gasteiger partial charge in [-0.1, -0.05) is 0 Å². The van der Waals surface area contributed by atoms with Crippen LogP contribution < -0.4 is 17.2 Å². The van der Waals surface area contributed by atoms with Crippen LogP contribution in [0.3, 0.4) is 0 Å². The summed E-state index contributed by atoms with van der Waals surface area (Å²) in [5.41, 5.74) is 26.1. The van der Waals surface area contributed by atoms with Crippen molar-refractivity contribution in [2.45, 2.75) is 0 Å². The fourth-order valence-electron chi connectivity index (χ4n) is 5.06. The summed E-state index contributed by atoms with van der Waals surface area (Å²) in [4.78, 5) is 29.8. The van der Waals surface area contributed by atoms with Crippen LogP contribution in [0.25, 0.3) is 67.7 Å². The van der Waals surface area contributed by atoms with Gasteiger partial charge in [0.1, 0.15) is 17.5 Å². The van der Waals surface area contributed by atoms with Gasteiger partial charge in [0.05, 0.1) is 50.2 Å². The van der Waals surface area contributed by atoms with Gasteiger partial charge in [-0.3, -0.25) is 16.2 Å². The number of imidazole rings is 3. The van der Waals surface area contributed by atoms with Crippen molar-refractivity contribution >= 4 is 50.6 Å². The number of rotatable bonds is 6. The molecule has 14 heteroatoms. The number of amidine groups is 3. The average Bonchev–Trinajstić information content (AvgIpc) is 3.88. The molecule has 0 amide bonds. The summed E-state index contributed by atoms with van der Waals surface area (Å²) in [7, 11) is 0.